The minimum atomic E-state index is -1.20. The number of hydrogen-bond acceptors (Lipinski definition) is 11. The van der Waals surface area contributed by atoms with Gasteiger partial charge < -0.3 is 39.4 Å². The Morgan fingerprint density at radius 1 is 0.982 bits per heavy atom. The van der Waals surface area contributed by atoms with E-state index < -0.39 is 54.1 Å². The molecule has 14 heteroatoms. The molecule has 14 nitrogen and oxygen atoms in total. The highest BCUT2D eigenvalue weighted by Gasteiger charge is 2.44. The average Bonchev–Trinajstić information content (AvgIpc) is 3.79. The lowest BCUT2D eigenvalue weighted by Crippen LogP contribution is -2.59. The number of rotatable bonds is 17. The van der Waals surface area contributed by atoms with Crippen LogP contribution >= 0.6 is 0 Å². The molecule has 4 N–H and O–H groups in total. The normalized spacial score (nSPS) is 19.5. The molecule has 0 radical (unpaired) electrons. The van der Waals surface area contributed by atoms with Crippen LogP contribution in [0.5, 0.6) is 5.75 Å². The van der Waals surface area contributed by atoms with Crippen molar-refractivity contribution in [1.29, 1.82) is 0 Å². The van der Waals surface area contributed by atoms with Crippen molar-refractivity contribution in [2.75, 3.05) is 33.5 Å². The van der Waals surface area contributed by atoms with E-state index in [-0.39, 0.29) is 32.0 Å². The summed E-state index contributed by atoms with van der Waals surface area (Å²) in [7, 11) is 1.23. The molecule has 2 fully saturated rings. The molecule has 0 aliphatic carbocycles. The van der Waals surface area contributed by atoms with E-state index in [9.17, 15) is 19.5 Å². The van der Waals surface area contributed by atoms with Gasteiger partial charge in [0.05, 0.1) is 50.7 Å². The third-order valence-corrected chi connectivity index (χ3v) is 9.70. The number of ether oxygens (including phenoxy) is 5. The first-order valence-corrected chi connectivity index (χ1v) is 18.9. The van der Waals surface area contributed by atoms with Gasteiger partial charge in [-0.1, -0.05) is 76.6 Å². The van der Waals surface area contributed by atoms with E-state index >= 15 is 0 Å². The predicted molar refractivity (Wildman–Crippen MR) is 205 cm³/mol. The Labute approximate surface area is 323 Å². The van der Waals surface area contributed by atoms with Crippen LogP contribution in [0.1, 0.15) is 58.1 Å². The number of methoxy groups -OCH3 is 1. The SMILES string of the molecule is CCCCOc1ccc(C[C@H](NC(=O)O[C@H]2CO[C@H]3OCC[C@H]32)[C@@H](O)CN(Cc2ccc(-c3ccccn3)cc2)NC(=O)[C@@H](NC(=O)OC)C(C)(C)C)cc1. The van der Waals surface area contributed by atoms with Crippen LogP contribution in [0.2, 0.25) is 0 Å². The largest absolute Gasteiger partial charge is 0.494 e. The number of nitrogens with zero attached hydrogens (tertiary/aromatic N) is 2. The van der Waals surface area contributed by atoms with Crippen molar-refractivity contribution in [3.8, 4) is 17.0 Å². The zero-order chi connectivity index (χ0) is 39.4. The number of alkyl carbamates (subject to hydrolysis) is 2. The summed E-state index contributed by atoms with van der Waals surface area (Å²) in [5, 5.41) is 19.0. The van der Waals surface area contributed by atoms with Crippen molar-refractivity contribution in [3.05, 3.63) is 84.1 Å². The maximum atomic E-state index is 13.9. The van der Waals surface area contributed by atoms with Crippen LogP contribution in [0.15, 0.2) is 72.9 Å². The minimum absolute atomic E-state index is 0.0569. The van der Waals surface area contributed by atoms with E-state index in [1.165, 1.54) is 7.11 Å². The maximum Gasteiger partial charge on any atom is 0.407 e. The summed E-state index contributed by atoms with van der Waals surface area (Å²) >= 11 is 0. The van der Waals surface area contributed by atoms with Gasteiger partial charge >= 0.3 is 12.2 Å². The summed E-state index contributed by atoms with van der Waals surface area (Å²) in [6.45, 7) is 9.03. The molecular weight excluding hydrogens is 706 g/mol. The van der Waals surface area contributed by atoms with E-state index in [1.807, 2.05) is 87.5 Å². The van der Waals surface area contributed by atoms with E-state index in [4.69, 9.17) is 23.7 Å². The van der Waals surface area contributed by atoms with Crippen molar-refractivity contribution >= 4 is 18.1 Å². The zero-order valence-electron chi connectivity index (χ0n) is 32.4. The lowest BCUT2D eigenvalue weighted by Gasteiger charge is -2.34. The fourth-order valence-electron chi connectivity index (χ4n) is 6.57. The number of aromatic nitrogens is 1. The van der Waals surface area contributed by atoms with Gasteiger partial charge in [-0.25, -0.2) is 14.6 Å². The molecule has 5 rings (SSSR count). The Morgan fingerprint density at radius 3 is 2.40 bits per heavy atom. The Hall–Kier alpha value is -4.76. The van der Waals surface area contributed by atoms with Crippen LogP contribution < -0.4 is 20.8 Å². The molecule has 298 valence electrons. The van der Waals surface area contributed by atoms with Crippen LogP contribution in [-0.2, 0) is 36.7 Å². The Kier molecular flexibility index (Phi) is 14.8. The average molecular weight is 762 g/mol. The molecule has 0 saturated carbocycles. The highest BCUT2D eigenvalue weighted by Crippen LogP contribution is 2.33. The van der Waals surface area contributed by atoms with Gasteiger partial charge in [-0.15, -0.1) is 0 Å². The van der Waals surface area contributed by atoms with Crippen molar-refractivity contribution < 1.29 is 43.2 Å². The number of hydrazine groups is 1. The van der Waals surface area contributed by atoms with Crippen molar-refractivity contribution in [1.82, 2.24) is 26.1 Å². The number of benzene rings is 2. The molecule has 1 aromatic heterocycles. The molecule has 0 spiro atoms. The first-order chi connectivity index (χ1) is 26.4. The smallest absolute Gasteiger partial charge is 0.407 e. The number of aliphatic hydroxyl groups excluding tert-OH is 1. The number of carbonyl (C=O) groups is 3. The van der Waals surface area contributed by atoms with Gasteiger partial charge in [0.1, 0.15) is 17.9 Å². The number of fused-ring (bicyclic) bond motifs is 1. The third-order valence-electron chi connectivity index (χ3n) is 9.70. The monoisotopic (exact) mass is 761 g/mol. The van der Waals surface area contributed by atoms with E-state index in [0.717, 1.165) is 47.4 Å². The Balaban J connectivity index is 1.37. The third kappa shape index (κ3) is 12.1. The number of pyridine rings is 1. The summed E-state index contributed by atoms with van der Waals surface area (Å²) in [6, 6.07) is 19.1. The highest BCUT2D eigenvalue weighted by molar-refractivity contribution is 5.86. The quantitative estimate of drug-likeness (QED) is 0.108. The summed E-state index contributed by atoms with van der Waals surface area (Å²) in [6.07, 6.45) is 1.14. The summed E-state index contributed by atoms with van der Waals surface area (Å²) in [5.74, 6) is 0.166. The number of unbranched alkanes of at least 4 members (excludes halogenated alkanes) is 1. The maximum absolute atomic E-state index is 13.9. The van der Waals surface area contributed by atoms with Crippen LogP contribution in [0.4, 0.5) is 9.59 Å². The molecule has 3 amide bonds. The molecule has 6 atom stereocenters. The lowest BCUT2D eigenvalue weighted by atomic mass is 9.86. The van der Waals surface area contributed by atoms with E-state index in [2.05, 4.69) is 28.0 Å². The van der Waals surface area contributed by atoms with Crippen LogP contribution in [0.25, 0.3) is 11.3 Å². The van der Waals surface area contributed by atoms with Crippen LogP contribution in [-0.4, -0.2) is 97.2 Å². The van der Waals surface area contributed by atoms with Gasteiger partial charge in [0.15, 0.2) is 6.29 Å². The van der Waals surface area contributed by atoms with Crippen LogP contribution in [0.3, 0.4) is 0 Å². The van der Waals surface area contributed by atoms with Crippen molar-refractivity contribution in [3.63, 3.8) is 0 Å². The number of hydrogen-bond donors (Lipinski definition) is 4. The fourth-order valence-corrected chi connectivity index (χ4v) is 6.57. The molecule has 3 aromatic rings. The first kappa shape index (κ1) is 41.4. The number of aliphatic hydroxyl groups is 1. The van der Waals surface area contributed by atoms with Crippen molar-refractivity contribution in [2.24, 2.45) is 11.3 Å². The second-order valence-corrected chi connectivity index (χ2v) is 15.0. The van der Waals surface area contributed by atoms with Crippen LogP contribution in [0, 0.1) is 11.3 Å². The summed E-state index contributed by atoms with van der Waals surface area (Å²) in [5.41, 5.74) is 5.65. The second-order valence-electron chi connectivity index (χ2n) is 15.0. The molecule has 0 unspecified atom stereocenters. The molecule has 2 aromatic carbocycles. The molecule has 0 bridgehead atoms. The standard InChI is InChI=1S/C41H55N5O9/c1-6-7-21-52-30-17-13-27(14-18-30)23-33(43-40(50)55-35-26-54-38-31(35)19-22-53-38)34(47)25-46(45-37(48)36(41(2,3)4)44-39(49)51-5)24-28-11-15-29(16-12-28)32-10-8-9-20-42-32/h8-18,20,31,33-36,38,47H,6-7,19,21-26H2,1-5H3,(H,43,50)(H,44,49)(H,45,48)/t31-,33-,34-,35-,36+,38+/m0/s1. The van der Waals surface area contributed by atoms with Crippen molar-refractivity contribution in [2.45, 2.75) is 90.5 Å². The highest BCUT2D eigenvalue weighted by atomic mass is 16.7. The molecule has 2 aliphatic rings. The molecule has 2 saturated heterocycles. The molecule has 2 aliphatic heterocycles. The lowest BCUT2D eigenvalue weighted by molar-refractivity contribution is -0.131. The van der Waals surface area contributed by atoms with Gasteiger partial charge in [-0.2, -0.15) is 0 Å². The minimum Gasteiger partial charge on any atom is -0.494 e. The summed E-state index contributed by atoms with van der Waals surface area (Å²) in [4.78, 5) is 44.0. The molecule has 3 heterocycles. The number of nitrogens with one attached hydrogen (secondary N) is 3. The van der Waals surface area contributed by atoms with E-state index in [1.54, 1.807) is 11.2 Å². The summed E-state index contributed by atoms with van der Waals surface area (Å²) < 4.78 is 27.7. The van der Waals surface area contributed by atoms with Gasteiger partial charge in [-0.05, 0) is 60.1 Å². The van der Waals surface area contributed by atoms with Gasteiger partial charge in [-0.3, -0.25) is 15.2 Å². The molecular formula is C41H55N5O9. The van der Waals surface area contributed by atoms with Gasteiger partial charge in [0, 0.05) is 24.8 Å². The second kappa shape index (κ2) is 19.7. The van der Waals surface area contributed by atoms with Gasteiger partial charge in [0.25, 0.3) is 5.91 Å². The predicted octanol–water partition coefficient (Wildman–Crippen LogP) is 4.99. The fraction of sp³-hybridized carbons (Fsp3) is 0.512. The number of amides is 3. The number of carbonyl (C=O) groups excluding carboxylic acids is 3. The molecule has 55 heavy (non-hydrogen) atoms. The van der Waals surface area contributed by atoms with E-state index in [0.29, 0.717) is 13.2 Å². The topological polar surface area (TPSA) is 170 Å². The Morgan fingerprint density at radius 2 is 1.73 bits per heavy atom. The first-order valence-electron chi connectivity index (χ1n) is 18.9. The zero-order valence-corrected chi connectivity index (χ0v) is 32.4. The van der Waals surface area contributed by atoms with Gasteiger partial charge in [0.2, 0.25) is 0 Å². The Bertz CT molecular complexity index is 1670.